The van der Waals surface area contributed by atoms with E-state index < -0.39 is 13.2 Å². The summed E-state index contributed by atoms with van der Waals surface area (Å²) in [5.74, 6) is -1.16. The Morgan fingerprint density at radius 1 is 0.415 bits per heavy atom. The maximum Gasteiger partial charge on any atom is 0.0594 e. The summed E-state index contributed by atoms with van der Waals surface area (Å²) in [4.78, 5) is 10.1. The summed E-state index contributed by atoms with van der Waals surface area (Å²) in [5.41, 5.74) is 0. The van der Waals surface area contributed by atoms with Crippen molar-refractivity contribution in [2.24, 2.45) is 5.92 Å². The molecule has 0 radical (unpaired) electrons. The maximum absolute atomic E-state index is 10.1. The second-order valence-corrected chi connectivity index (χ2v) is 17.6. The van der Waals surface area contributed by atoms with Crippen LogP contribution in [0.5, 0.6) is 0 Å². The van der Waals surface area contributed by atoms with Crippen LogP contribution in [-0.4, -0.2) is 30.6 Å². The van der Waals surface area contributed by atoms with Crippen LogP contribution in [0.4, 0.5) is 0 Å². The topological polar surface area (TPSA) is 40.1 Å². The molecule has 0 saturated heterocycles. The lowest BCUT2D eigenvalue weighted by Gasteiger charge is -2.28. The number of unbranched alkanes of at least 4 members (excludes halogenated alkanes) is 20. The molecule has 0 fully saturated rings. The van der Waals surface area contributed by atoms with Gasteiger partial charge in [-0.2, -0.15) is 0 Å². The van der Waals surface area contributed by atoms with Crippen molar-refractivity contribution < 1.29 is 9.90 Å². The summed E-state index contributed by atoms with van der Waals surface area (Å²) in [6.07, 6.45) is 43.4. The Bertz CT molecular complexity index is 471. The second-order valence-electron chi connectivity index (χ2n) is 13.1. The lowest BCUT2D eigenvalue weighted by atomic mass is 10.1. The third kappa shape index (κ3) is 29.7. The van der Waals surface area contributed by atoms with E-state index >= 15 is 0 Å². The highest BCUT2D eigenvalue weighted by Crippen LogP contribution is 2.61. The monoisotopic (exact) mass is 599 g/mol. The molecule has 41 heavy (non-hydrogen) atoms. The average molecular weight is 599 g/mol. The zero-order valence-electron chi connectivity index (χ0n) is 29.6. The van der Waals surface area contributed by atoms with E-state index in [0.29, 0.717) is 12.8 Å². The van der Waals surface area contributed by atoms with Crippen LogP contribution in [0.15, 0.2) is 0 Å². The van der Waals surface area contributed by atoms with Crippen molar-refractivity contribution in [3.05, 3.63) is 0 Å². The molecule has 0 atom stereocenters. The van der Waals surface area contributed by atoms with Crippen LogP contribution in [0.2, 0.25) is 0 Å². The number of carbonyl (C=O) groups is 1. The van der Waals surface area contributed by atoms with Crippen LogP contribution >= 0.6 is 7.26 Å². The van der Waals surface area contributed by atoms with E-state index in [4.69, 9.17) is 0 Å². The van der Waals surface area contributed by atoms with Gasteiger partial charge in [-0.15, -0.1) is 0 Å². The molecule has 0 spiro atoms. The minimum absolute atomic E-state index is 0.241. The highest BCUT2D eigenvalue weighted by Gasteiger charge is 2.34. The Morgan fingerprint density at radius 2 is 0.634 bits per heavy atom. The number of hydrogen-bond donors (Lipinski definition) is 0. The predicted molar refractivity (Wildman–Crippen MR) is 189 cm³/mol. The molecule has 0 N–H and O–H groups in total. The summed E-state index contributed by atoms with van der Waals surface area (Å²) in [6, 6.07) is 0. The molecule has 0 aromatic rings. The normalized spacial score (nSPS) is 11.6. The molecule has 0 bridgehead atoms. The Kier molecular flexibility index (Phi) is 36.1. The molecule has 0 heterocycles. The number of carbonyl (C=O) groups excluding carboxylic acids is 1. The van der Waals surface area contributed by atoms with Crippen LogP contribution in [0, 0.1) is 5.92 Å². The van der Waals surface area contributed by atoms with Crippen molar-refractivity contribution in [3.8, 4) is 0 Å². The Balaban J connectivity index is 0. The van der Waals surface area contributed by atoms with Crippen molar-refractivity contribution in [3.63, 3.8) is 0 Å². The molecule has 248 valence electrons. The molecular weight excluding hydrogens is 519 g/mol. The molecule has 0 rings (SSSR count). The molecule has 0 amide bonds. The highest BCUT2D eigenvalue weighted by atomic mass is 31.2. The first kappa shape index (κ1) is 43.0. The fourth-order valence-corrected chi connectivity index (χ4v) is 11.1. The van der Waals surface area contributed by atoms with E-state index in [9.17, 15) is 9.90 Å². The maximum atomic E-state index is 10.1. The van der Waals surface area contributed by atoms with Crippen molar-refractivity contribution in [1.29, 1.82) is 0 Å². The van der Waals surface area contributed by atoms with E-state index in [2.05, 4.69) is 27.7 Å². The molecule has 0 aliphatic heterocycles. The fourth-order valence-electron chi connectivity index (χ4n) is 6.20. The van der Waals surface area contributed by atoms with Gasteiger partial charge in [0, 0.05) is 13.2 Å². The molecule has 2 nitrogen and oxygen atoms in total. The summed E-state index contributed by atoms with van der Waals surface area (Å²) in [7, 11) is -0.697. The van der Waals surface area contributed by atoms with Crippen molar-refractivity contribution in [2.75, 3.05) is 24.6 Å². The van der Waals surface area contributed by atoms with Gasteiger partial charge in [0.05, 0.1) is 24.6 Å². The van der Waals surface area contributed by atoms with Crippen molar-refractivity contribution in [1.82, 2.24) is 0 Å². The van der Waals surface area contributed by atoms with Gasteiger partial charge in [-0.05, 0) is 70.1 Å². The fraction of sp³-hybridized carbons (Fsp3) is 0.974. The number of carboxylic acid groups (broad SMARTS) is 1. The lowest BCUT2D eigenvalue weighted by molar-refractivity contribution is -0.311. The van der Waals surface area contributed by atoms with Crippen molar-refractivity contribution >= 4 is 13.2 Å². The number of carboxylic acids is 1. The minimum Gasteiger partial charge on any atom is -0.550 e. The molecule has 0 aliphatic rings. The van der Waals surface area contributed by atoms with E-state index in [1.165, 1.54) is 128 Å². The van der Waals surface area contributed by atoms with Gasteiger partial charge in [-0.3, -0.25) is 0 Å². The molecule has 0 aromatic carbocycles. The molecule has 0 aromatic heterocycles. The first-order chi connectivity index (χ1) is 20.0. The Morgan fingerprint density at radius 3 is 0.829 bits per heavy atom. The van der Waals surface area contributed by atoms with Crippen LogP contribution in [0.3, 0.4) is 0 Å². The van der Waals surface area contributed by atoms with Crippen LogP contribution in [-0.2, 0) is 4.79 Å². The number of aliphatic carboxylic acids is 1. The summed E-state index contributed by atoms with van der Waals surface area (Å²) < 4.78 is 0. The Labute approximate surface area is 261 Å². The van der Waals surface area contributed by atoms with Gasteiger partial charge < -0.3 is 9.90 Å². The van der Waals surface area contributed by atoms with Gasteiger partial charge in [0.25, 0.3) is 0 Å². The van der Waals surface area contributed by atoms with E-state index in [-0.39, 0.29) is 5.92 Å². The van der Waals surface area contributed by atoms with E-state index in [1.807, 2.05) is 13.8 Å². The van der Waals surface area contributed by atoms with Gasteiger partial charge in [0.15, 0.2) is 0 Å². The second kappa shape index (κ2) is 34.4. The largest absolute Gasteiger partial charge is 0.550 e. The van der Waals surface area contributed by atoms with E-state index in [1.54, 1.807) is 50.3 Å². The third-order valence-corrected chi connectivity index (χ3v) is 14.3. The van der Waals surface area contributed by atoms with E-state index in [0.717, 1.165) is 0 Å². The standard InChI is InChI=1S/C32H68P.C6H12O2/c1-5-9-13-17-18-19-20-21-22-23-24-28-32-33(29-25-14-10-6-2,30-26-15-11-7-3)31-27-16-12-8-4;1-3-5(4-2)6(7)8/h5-32H2,1-4H3;5H,3-4H2,1-2H3,(H,7,8)/q+1;/p-1. The molecular formula is C38H79O2P. The van der Waals surface area contributed by atoms with Crippen LogP contribution < -0.4 is 5.11 Å². The SMILES string of the molecule is CCC(CC)C(=O)[O-].CCCCCCCCCCCCCC[P+](CCCCCC)(CCCCCC)CCCCCC. The smallest absolute Gasteiger partial charge is 0.0594 e. The van der Waals surface area contributed by atoms with Gasteiger partial charge in [-0.25, -0.2) is 0 Å². The molecule has 0 saturated carbocycles. The zero-order chi connectivity index (χ0) is 30.9. The van der Waals surface area contributed by atoms with Crippen LogP contribution in [0.1, 0.15) is 208 Å². The minimum atomic E-state index is -0.921. The molecule has 3 heteroatoms. The van der Waals surface area contributed by atoms with Gasteiger partial charge in [0.2, 0.25) is 0 Å². The van der Waals surface area contributed by atoms with Gasteiger partial charge in [0.1, 0.15) is 0 Å². The third-order valence-electron chi connectivity index (χ3n) is 9.26. The van der Waals surface area contributed by atoms with Gasteiger partial charge in [-0.1, -0.05) is 144 Å². The first-order valence-corrected chi connectivity index (χ1v) is 21.6. The van der Waals surface area contributed by atoms with Crippen molar-refractivity contribution in [2.45, 2.75) is 208 Å². The first-order valence-electron chi connectivity index (χ1n) is 19.0. The molecule has 0 unspecified atom stereocenters. The highest BCUT2D eigenvalue weighted by molar-refractivity contribution is 7.75. The number of hydrogen-bond acceptors (Lipinski definition) is 2. The number of rotatable bonds is 31. The summed E-state index contributed by atoms with van der Waals surface area (Å²) >= 11 is 0. The summed E-state index contributed by atoms with van der Waals surface area (Å²) in [5, 5.41) is 10.1. The van der Waals surface area contributed by atoms with Gasteiger partial charge >= 0.3 is 0 Å². The zero-order valence-corrected chi connectivity index (χ0v) is 30.4. The lowest BCUT2D eigenvalue weighted by Crippen LogP contribution is -2.30. The Hall–Kier alpha value is -0.100. The van der Waals surface area contributed by atoms with Crippen LogP contribution in [0.25, 0.3) is 0 Å². The molecule has 0 aliphatic carbocycles. The average Bonchev–Trinajstić information content (AvgIpc) is 2.97. The predicted octanol–water partition coefficient (Wildman–Crippen LogP) is 12.6. The quantitative estimate of drug-likeness (QED) is 0.0588. The summed E-state index contributed by atoms with van der Waals surface area (Å²) in [6.45, 7) is 13.1.